The topological polar surface area (TPSA) is 32.3 Å². The van der Waals surface area contributed by atoms with Gasteiger partial charge in [0, 0.05) is 24.2 Å². The predicted octanol–water partition coefficient (Wildman–Crippen LogP) is 1.71. The van der Waals surface area contributed by atoms with Crippen LogP contribution >= 0.6 is 0 Å². The molecule has 0 aromatic carbocycles. The largest absolute Gasteiger partial charge is 0.322 e. The Balaban J connectivity index is 2.69. The van der Waals surface area contributed by atoms with Crippen LogP contribution in [0.25, 0.3) is 0 Å². The van der Waals surface area contributed by atoms with Crippen molar-refractivity contribution in [3.8, 4) is 0 Å². The van der Waals surface area contributed by atoms with Gasteiger partial charge in [-0.1, -0.05) is 6.58 Å². The van der Waals surface area contributed by atoms with E-state index in [1.807, 2.05) is 25.7 Å². The number of carbonyl (C=O) groups is 1. The summed E-state index contributed by atoms with van der Waals surface area (Å²) in [4.78, 5) is 13.2. The SMILES string of the molecule is C=C1CCN(C(C)(C)C)C(=O)N1. The summed E-state index contributed by atoms with van der Waals surface area (Å²) in [6.07, 6.45) is 0.850. The molecular formula is C9H16N2O. The maximum absolute atomic E-state index is 11.4. The second kappa shape index (κ2) is 2.81. The molecule has 0 aromatic rings. The smallest absolute Gasteiger partial charge is 0.319 e. The first-order valence-corrected chi connectivity index (χ1v) is 4.17. The number of nitrogens with zero attached hydrogens (tertiary/aromatic N) is 1. The average molecular weight is 168 g/mol. The van der Waals surface area contributed by atoms with E-state index >= 15 is 0 Å². The molecule has 1 rings (SSSR count). The van der Waals surface area contributed by atoms with Gasteiger partial charge in [0.2, 0.25) is 0 Å². The quantitative estimate of drug-likeness (QED) is 0.586. The molecule has 1 saturated heterocycles. The average Bonchev–Trinajstić information content (AvgIpc) is 1.83. The maximum Gasteiger partial charge on any atom is 0.322 e. The zero-order valence-corrected chi connectivity index (χ0v) is 7.98. The van der Waals surface area contributed by atoms with Gasteiger partial charge in [-0.05, 0) is 20.8 Å². The maximum atomic E-state index is 11.4. The number of rotatable bonds is 0. The minimum atomic E-state index is -0.0925. The molecule has 0 atom stereocenters. The standard InChI is InChI=1S/C9H16N2O/c1-7-5-6-11(8(12)10-7)9(2,3)4/h1,5-6H2,2-4H3,(H,10,12). The number of carbonyl (C=O) groups excluding carboxylic acids is 1. The van der Waals surface area contributed by atoms with E-state index in [2.05, 4.69) is 11.9 Å². The number of hydrogen-bond acceptors (Lipinski definition) is 1. The molecule has 0 spiro atoms. The van der Waals surface area contributed by atoms with Gasteiger partial charge in [-0.2, -0.15) is 0 Å². The monoisotopic (exact) mass is 168 g/mol. The Morgan fingerprint density at radius 3 is 2.50 bits per heavy atom. The Bertz CT molecular complexity index is 215. The van der Waals surface area contributed by atoms with Gasteiger partial charge in [0.05, 0.1) is 0 Å². The zero-order chi connectivity index (χ0) is 9.35. The first kappa shape index (κ1) is 9.10. The molecule has 0 aliphatic carbocycles. The molecule has 0 bridgehead atoms. The lowest BCUT2D eigenvalue weighted by Crippen LogP contribution is -2.53. The first-order chi connectivity index (χ1) is 5.41. The summed E-state index contributed by atoms with van der Waals surface area (Å²) in [7, 11) is 0. The van der Waals surface area contributed by atoms with Crippen molar-refractivity contribution in [3.63, 3.8) is 0 Å². The Morgan fingerprint density at radius 1 is 1.50 bits per heavy atom. The van der Waals surface area contributed by atoms with E-state index in [4.69, 9.17) is 0 Å². The van der Waals surface area contributed by atoms with E-state index in [0.717, 1.165) is 18.7 Å². The fourth-order valence-electron chi connectivity index (χ4n) is 1.27. The molecule has 1 heterocycles. The number of nitrogens with one attached hydrogen (secondary N) is 1. The Hall–Kier alpha value is -0.990. The molecule has 1 N–H and O–H groups in total. The summed E-state index contributed by atoms with van der Waals surface area (Å²) in [5, 5.41) is 2.73. The normalized spacial score (nSPS) is 19.4. The van der Waals surface area contributed by atoms with Crippen molar-refractivity contribution in [2.75, 3.05) is 6.54 Å². The van der Waals surface area contributed by atoms with E-state index in [0.29, 0.717) is 0 Å². The van der Waals surface area contributed by atoms with Crippen LogP contribution in [-0.2, 0) is 0 Å². The van der Waals surface area contributed by atoms with E-state index in [1.54, 1.807) is 0 Å². The van der Waals surface area contributed by atoms with Crippen molar-refractivity contribution in [3.05, 3.63) is 12.3 Å². The highest BCUT2D eigenvalue weighted by atomic mass is 16.2. The molecule has 1 aliphatic rings. The summed E-state index contributed by atoms with van der Waals surface area (Å²) < 4.78 is 0. The van der Waals surface area contributed by atoms with E-state index in [9.17, 15) is 4.79 Å². The molecule has 0 unspecified atom stereocenters. The van der Waals surface area contributed by atoms with Crippen LogP contribution in [0.3, 0.4) is 0 Å². The van der Waals surface area contributed by atoms with E-state index in [-0.39, 0.29) is 11.6 Å². The molecular weight excluding hydrogens is 152 g/mol. The van der Waals surface area contributed by atoms with Crippen LogP contribution in [0.15, 0.2) is 12.3 Å². The highest BCUT2D eigenvalue weighted by Gasteiger charge is 2.29. The molecule has 68 valence electrons. The molecule has 3 nitrogen and oxygen atoms in total. The third-order valence-corrected chi connectivity index (χ3v) is 1.98. The predicted molar refractivity (Wildman–Crippen MR) is 48.7 cm³/mol. The van der Waals surface area contributed by atoms with Crippen LogP contribution in [0.4, 0.5) is 4.79 Å². The molecule has 3 heteroatoms. The summed E-state index contributed by atoms with van der Waals surface area (Å²) >= 11 is 0. The Kier molecular flexibility index (Phi) is 2.13. The second-order valence-electron chi connectivity index (χ2n) is 4.11. The summed E-state index contributed by atoms with van der Waals surface area (Å²) in [5.41, 5.74) is 0.727. The van der Waals surface area contributed by atoms with Crippen molar-refractivity contribution in [2.24, 2.45) is 0 Å². The Labute approximate surface area is 73.4 Å². The fraction of sp³-hybridized carbons (Fsp3) is 0.667. The van der Waals surface area contributed by atoms with Gasteiger partial charge in [0.1, 0.15) is 0 Å². The van der Waals surface area contributed by atoms with Crippen molar-refractivity contribution in [2.45, 2.75) is 32.7 Å². The molecule has 1 fully saturated rings. The van der Waals surface area contributed by atoms with Gasteiger partial charge in [0.15, 0.2) is 0 Å². The van der Waals surface area contributed by atoms with Crippen LogP contribution in [0.1, 0.15) is 27.2 Å². The van der Waals surface area contributed by atoms with Crippen molar-refractivity contribution in [1.82, 2.24) is 10.2 Å². The zero-order valence-electron chi connectivity index (χ0n) is 7.98. The van der Waals surface area contributed by atoms with Crippen LogP contribution in [-0.4, -0.2) is 23.0 Å². The number of amides is 2. The summed E-state index contributed by atoms with van der Waals surface area (Å²) in [6, 6.07) is -0.0289. The van der Waals surface area contributed by atoms with Gasteiger partial charge in [-0.3, -0.25) is 0 Å². The van der Waals surface area contributed by atoms with Gasteiger partial charge >= 0.3 is 6.03 Å². The molecule has 0 aromatic heterocycles. The van der Waals surface area contributed by atoms with Crippen LogP contribution in [0.5, 0.6) is 0 Å². The van der Waals surface area contributed by atoms with Crippen LogP contribution in [0.2, 0.25) is 0 Å². The lowest BCUT2D eigenvalue weighted by Gasteiger charge is -2.38. The third-order valence-electron chi connectivity index (χ3n) is 1.98. The fourth-order valence-corrected chi connectivity index (χ4v) is 1.27. The molecule has 1 aliphatic heterocycles. The minimum Gasteiger partial charge on any atom is -0.319 e. The highest BCUT2D eigenvalue weighted by Crippen LogP contribution is 2.18. The van der Waals surface area contributed by atoms with Crippen molar-refractivity contribution < 1.29 is 4.79 Å². The van der Waals surface area contributed by atoms with Gasteiger partial charge in [0.25, 0.3) is 0 Å². The highest BCUT2D eigenvalue weighted by molar-refractivity contribution is 5.77. The van der Waals surface area contributed by atoms with Crippen molar-refractivity contribution >= 4 is 6.03 Å². The molecule has 0 saturated carbocycles. The molecule has 2 amide bonds. The first-order valence-electron chi connectivity index (χ1n) is 4.17. The number of urea groups is 1. The van der Waals surface area contributed by atoms with Crippen molar-refractivity contribution in [1.29, 1.82) is 0 Å². The van der Waals surface area contributed by atoms with Gasteiger partial charge in [-0.25, -0.2) is 4.79 Å². The number of hydrogen-bond donors (Lipinski definition) is 1. The third kappa shape index (κ3) is 1.78. The molecule has 0 radical (unpaired) electrons. The van der Waals surface area contributed by atoms with Crippen LogP contribution < -0.4 is 5.32 Å². The lowest BCUT2D eigenvalue weighted by atomic mass is 10.0. The molecule has 12 heavy (non-hydrogen) atoms. The Morgan fingerprint density at radius 2 is 2.08 bits per heavy atom. The van der Waals surface area contributed by atoms with E-state index < -0.39 is 0 Å². The minimum absolute atomic E-state index is 0.0289. The van der Waals surface area contributed by atoms with Crippen LogP contribution in [0, 0.1) is 0 Å². The lowest BCUT2D eigenvalue weighted by molar-refractivity contribution is 0.139. The summed E-state index contributed by atoms with van der Waals surface area (Å²) in [5.74, 6) is 0. The van der Waals surface area contributed by atoms with Gasteiger partial charge < -0.3 is 10.2 Å². The van der Waals surface area contributed by atoms with E-state index in [1.165, 1.54) is 0 Å². The summed E-state index contributed by atoms with van der Waals surface area (Å²) in [6.45, 7) is 10.6. The van der Waals surface area contributed by atoms with Gasteiger partial charge in [-0.15, -0.1) is 0 Å². The second-order valence-corrected chi connectivity index (χ2v) is 4.11.